The predicted octanol–water partition coefficient (Wildman–Crippen LogP) is 8.26. The van der Waals surface area contributed by atoms with Gasteiger partial charge in [0.25, 0.3) is 0 Å². The Morgan fingerprint density at radius 3 is 2.36 bits per heavy atom. The molecule has 1 N–H and O–H groups in total. The molecular formula is C37H51F3N2O2S. The number of halogens is 3. The summed E-state index contributed by atoms with van der Waals surface area (Å²) < 4.78 is 39.4. The number of Topliss-reactive ketones (excluding diaryl/α,β-unsaturated/α-hetero) is 1. The number of aliphatic hydroxyl groups is 1. The third-order valence-electron chi connectivity index (χ3n) is 14.9. The standard InChI is InChI=1S/C37H51F3N2O2S/c1-21(2)31-41-28-14-15-35-19-36(35)27(13-12-26(35)32(28,4)20-45-31)33(5)16-25(43)30(34(33,6)17-29(36)44)22(3)42(7)18-23-8-10-24(11-9-23)37(38,39)40/h8-11,21-22,25-28,30,43H,12-20H2,1-7H3/t22-,25+,26-,27-,28-,30-,32-,33-,34+,35+,36+/m0/s1. The molecule has 4 nitrogen and oxygen atoms in total. The summed E-state index contributed by atoms with van der Waals surface area (Å²) in [4.78, 5) is 22.2. The van der Waals surface area contributed by atoms with Crippen LogP contribution in [0.4, 0.5) is 13.2 Å². The van der Waals surface area contributed by atoms with E-state index in [1.165, 1.54) is 5.04 Å². The zero-order chi connectivity index (χ0) is 32.5. The summed E-state index contributed by atoms with van der Waals surface area (Å²) >= 11 is 1.96. The van der Waals surface area contributed by atoms with E-state index in [4.69, 9.17) is 4.99 Å². The second-order valence-corrected chi connectivity index (χ2v) is 18.0. The van der Waals surface area contributed by atoms with Crippen molar-refractivity contribution in [3.63, 3.8) is 0 Å². The summed E-state index contributed by atoms with van der Waals surface area (Å²) in [6, 6.07) is 5.72. The quantitative estimate of drug-likeness (QED) is 0.351. The molecule has 45 heavy (non-hydrogen) atoms. The molecule has 0 aromatic heterocycles. The number of carbonyl (C=O) groups is 1. The molecule has 11 atom stereocenters. The Morgan fingerprint density at radius 1 is 1.04 bits per heavy atom. The Morgan fingerprint density at radius 2 is 1.71 bits per heavy atom. The lowest BCUT2D eigenvalue weighted by atomic mass is 9.41. The van der Waals surface area contributed by atoms with E-state index in [9.17, 15) is 23.1 Å². The van der Waals surface area contributed by atoms with Gasteiger partial charge in [0, 0.05) is 47.4 Å². The number of carbonyl (C=O) groups excluding carboxylic acids is 1. The largest absolute Gasteiger partial charge is 0.416 e. The van der Waals surface area contributed by atoms with Gasteiger partial charge in [-0.2, -0.15) is 13.2 Å². The highest BCUT2D eigenvalue weighted by Crippen LogP contribution is 2.88. The van der Waals surface area contributed by atoms with E-state index in [1.54, 1.807) is 12.1 Å². The van der Waals surface area contributed by atoms with Gasteiger partial charge in [-0.15, -0.1) is 11.8 Å². The van der Waals surface area contributed by atoms with Crippen LogP contribution >= 0.6 is 11.8 Å². The molecule has 0 saturated heterocycles. The first kappa shape index (κ1) is 32.2. The minimum absolute atomic E-state index is 0.0397. The van der Waals surface area contributed by atoms with Crippen molar-refractivity contribution < 1.29 is 23.1 Å². The molecule has 0 unspecified atom stereocenters. The molecule has 0 bridgehead atoms. The number of hydrogen-bond donors (Lipinski definition) is 1. The first-order valence-corrected chi connectivity index (χ1v) is 18.2. The molecule has 1 heterocycles. The summed E-state index contributed by atoms with van der Waals surface area (Å²) in [6.45, 7) is 14.3. The molecule has 0 amide bonds. The number of aliphatic imine (C=N–C) groups is 1. The normalized spacial score (nSPS) is 46.1. The minimum atomic E-state index is -4.35. The smallest absolute Gasteiger partial charge is 0.393 e. The Labute approximate surface area is 271 Å². The summed E-state index contributed by atoms with van der Waals surface area (Å²) in [5, 5.41) is 13.1. The Hall–Kier alpha value is -1.38. The predicted molar refractivity (Wildman–Crippen MR) is 174 cm³/mol. The van der Waals surface area contributed by atoms with Crippen LogP contribution in [-0.2, 0) is 17.5 Å². The molecule has 5 aliphatic carbocycles. The van der Waals surface area contributed by atoms with Crippen molar-refractivity contribution >= 4 is 22.6 Å². The van der Waals surface area contributed by atoms with E-state index in [-0.39, 0.29) is 45.0 Å². The lowest BCUT2D eigenvalue weighted by Crippen LogP contribution is -2.62. The number of rotatable bonds is 5. The van der Waals surface area contributed by atoms with Gasteiger partial charge in [-0.1, -0.05) is 46.8 Å². The van der Waals surface area contributed by atoms with Gasteiger partial charge in [-0.3, -0.25) is 14.7 Å². The maximum Gasteiger partial charge on any atom is 0.416 e. The van der Waals surface area contributed by atoms with Crippen LogP contribution in [0.1, 0.15) is 97.6 Å². The number of fused-ring (bicyclic) bond motifs is 4. The number of alkyl halides is 3. The van der Waals surface area contributed by atoms with E-state index in [0.29, 0.717) is 43.0 Å². The second-order valence-electron chi connectivity index (χ2n) is 17.0. The number of hydrogen-bond acceptors (Lipinski definition) is 5. The lowest BCUT2D eigenvalue weighted by molar-refractivity contribution is -0.169. The number of nitrogens with zero attached hydrogens (tertiary/aromatic N) is 2. The Kier molecular flexibility index (Phi) is 7.20. The van der Waals surface area contributed by atoms with Crippen LogP contribution in [0.5, 0.6) is 0 Å². The minimum Gasteiger partial charge on any atom is -0.393 e. The van der Waals surface area contributed by atoms with Crippen LogP contribution in [0.15, 0.2) is 29.3 Å². The molecule has 1 aromatic rings. The zero-order valence-corrected chi connectivity index (χ0v) is 28.8. The van der Waals surface area contributed by atoms with Crippen molar-refractivity contribution in [2.75, 3.05) is 12.8 Å². The average Bonchev–Trinajstić information content (AvgIpc) is 3.60. The third-order valence-corrected chi connectivity index (χ3v) is 16.5. The van der Waals surface area contributed by atoms with Crippen molar-refractivity contribution in [3.05, 3.63) is 35.4 Å². The SMILES string of the molecule is CC(C)C1=N[C@H]2CC[C@]34C[C@@]35C(=O)C[C@]3(C)[C@@H]([C@H](C)N(C)Cc6ccc(C(F)(F)F)cc6)[C@H](O)C[C@@]3(C)[C@@H]5CC[C@H]4[C@]2(C)CS1. The molecule has 5 fully saturated rings. The molecule has 7 rings (SSSR count). The monoisotopic (exact) mass is 644 g/mol. The van der Waals surface area contributed by atoms with E-state index >= 15 is 0 Å². The summed E-state index contributed by atoms with van der Waals surface area (Å²) in [5.41, 5.74) is -0.365. The first-order chi connectivity index (χ1) is 20.9. The van der Waals surface area contributed by atoms with Crippen molar-refractivity contribution in [1.82, 2.24) is 4.90 Å². The number of ketones is 1. The van der Waals surface area contributed by atoms with Crippen LogP contribution in [0, 0.1) is 50.7 Å². The maximum atomic E-state index is 14.8. The summed E-state index contributed by atoms with van der Waals surface area (Å²) in [5.74, 6) is 2.74. The van der Waals surface area contributed by atoms with Gasteiger partial charge < -0.3 is 5.11 Å². The van der Waals surface area contributed by atoms with Crippen LogP contribution < -0.4 is 0 Å². The van der Waals surface area contributed by atoms with Crippen molar-refractivity contribution in [2.45, 2.75) is 117 Å². The Bertz CT molecular complexity index is 1410. The van der Waals surface area contributed by atoms with Crippen molar-refractivity contribution in [1.29, 1.82) is 0 Å². The second kappa shape index (κ2) is 10.1. The molecule has 1 aromatic carbocycles. The fourth-order valence-electron chi connectivity index (χ4n) is 12.5. The fourth-order valence-corrected chi connectivity index (χ4v) is 13.9. The van der Waals surface area contributed by atoms with Gasteiger partial charge in [0.05, 0.1) is 22.8 Å². The van der Waals surface area contributed by atoms with Gasteiger partial charge in [0.1, 0.15) is 5.78 Å². The van der Waals surface area contributed by atoms with Crippen LogP contribution in [0.3, 0.4) is 0 Å². The number of aliphatic hydroxyl groups excluding tert-OH is 1. The van der Waals surface area contributed by atoms with Gasteiger partial charge in [-0.25, -0.2) is 0 Å². The summed E-state index contributed by atoms with van der Waals surface area (Å²) in [7, 11) is 2.00. The molecule has 8 heteroatoms. The van der Waals surface area contributed by atoms with Crippen LogP contribution in [0.2, 0.25) is 0 Å². The van der Waals surface area contributed by atoms with E-state index in [0.717, 1.165) is 55.6 Å². The van der Waals surface area contributed by atoms with Crippen molar-refractivity contribution in [3.8, 4) is 0 Å². The number of thioether (sulfide) groups is 1. The topological polar surface area (TPSA) is 52.9 Å². The van der Waals surface area contributed by atoms with E-state index < -0.39 is 17.8 Å². The molecule has 6 aliphatic rings. The average molecular weight is 645 g/mol. The van der Waals surface area contributed by atoms with Crippen molar-refractivity contribution in [2.24, 2.45) is 55.7 Å². The Balaban J connectivity index is 1.15. The van der Waals surface area contributed by atoms with E-state index in [1.807, 2.05) is 18.8 Å². The highest BCUT2D eigenvalue weighted by Gasteiger charge is 2.86. The molecular weight excluding hydrogens is 593 g/mol. The van der Waals surface area contributed by atoms with Gasteiger partial charge in [-0.05, 0) is 98.3 Å². The van der Waals surface area contributed by atoms with Crippen LogP contribution in [-0.4, -0.2) is 51.8 Å². The van der Waals surface area contributed by atoms with Gasteiger partial charge >= 0.3 is 6.18 Å². The fraction of sp³-hybridized carbons (Fsp3) is 0.784. The van der Waals surface area contributed by atoms with E-state index in [2.05, 4.69) is 46.4 Å². The van der Waals surface area contributed by atoms with Gasteiger partial charge in [0.15, 0.2) is 0 Å². The summed E-state index contributed by atoms with van der Waals surface area (Å²) in [6.07, 6.45) is 1.76. The highest BCUT2D eigenvalue weighted by atomic mass is 32.2. The highest BCUT2D eigenvalue weighted by molar-refractivity contribution is 8.14. The zero-order valence-electron chi connectivity index (χ0n) is 28.0. The molecule has 2 spiro atoms. The number of benzene rings is 1. The lowest BCUT2D eigenvalue weighted by Gasteiger charge is -2.63. The first-order valence-electron chi connectivity index (χ1n) is 17.2. The molecule has 1 aliphatic heterocycles. The van der Waals surface area contributed by atoms with Gasteiger partial charge in [0.2, 0.25) is 0 Å². The molecule has 0 radical (unpaired) electrons. The van der Waals surface area contributed by atoms with Crippen LogP contribution in [0.25, 0.3) is 0 Å². The molecule has 5 saturated carbocycles. The third kappa shape index (κ3) is 4.19. The molecule has 248 valence electrons. The maximum absolute atomic E-state index is 14.8.